The largest absolute Gasteiger partial charge is 0.342 e. The Kier molecular flexibility index (Phi) is 4.07. The van der Waals surface area contributed by atoms with Crippen molar-refractivity contribution in [2.24, 2.45) is 5.41 Å². The molecule has 5 heteroatoms. The number of nitrogens with zero attached hydrogens (tertiary/aromatic N) is 4. The van der Waals surface area contributed by atoms with Crippen LogP contribution in [0.2, 0.25) is 0 Å². The summed E-state index contributed by atoms with van der Waals surface area (Å²) in [6.45, 7) is 8.16. The van der Waals surface area contributed by atoms with E-state index in [0.29, 0.717) is 11.3 Å². The lowest BCUT2D eigenvalue weighted by Gasteiger charge is -2.61. The molecule has 2 saturated heterocycles. The molecule has 3 fully saturated rings. The fourth-order valence-corrected chi connectivity index (χ4v) is 4.80. The Labute approximate surface area is 144 Å². The van der Waals surface area contributed by atoms with Gasteiger partial charge in [-0.05, 0) is 50.3 Å². The first-order valence-corrected chi connectivity index (χ1v) is 9.39. The van der Waals surface area contributed by atoms with Crippen molar-refractivity contribution in [3.05, 3.63) is 23.8 Å². The zero-order chi connectivity index (χ0) is 16.7. The number of hydrogen-bond acceptors (Lipinski definition) is 4. The summed E-state index contributed by atoms with van der Waals surface area (Å²) in [4.78, 5) is 24.9. The van der Waals surface area contributed by atoms with Gasteiger partial charge in [0.1, 0.15) is 5.82 Å². The summed E-state index contributed by atoms with van der Waals surface area (Å²) >= 11 is 0. The van der Waals surface area contributed by atoms with Crippen LogP contribution in [0.5, 0.6) is 0 Å². The minimum Gasteiger partial charge on any atom is -0.342 e. The molecule has 4 rings (SSSR count). The Morgan fingerprint density at radius 3 is 2.38 bits per heavy atom. The molecule has 5 nitrogen and oxygen atoms in total. The van der Waals surface area contributed by atoms with E-state index in [1.807, 2.05) is 17.3 Å². The molecule has 24 heavy (non-hydrogen) atoms. The third-order valence-electron chi connectivity index (χ3n) is 6.39. The lowest BCUT2D eigenvalue weighted by molar-refractivity contribution is -0.155. The minimum atomic E-state index is 0.237. The number of aryl methyl sites for hydroxylation is 1. The van der Waals surface area contributed by atoms with Gasteiger partial charge in [0, 0.05) is 50.3 Å². The lowest BCUT2D eigenvalue weighted by atomic mass is 9.60. The minimum absolute atomic E-state index is 0.237. The van der Waals surface area contributed by atoms with Crippen molar-refractivity contribution >= 4 is 5.91 Å². The SMILES string of the molecule is CCc1ncc(C2CCN(C3CC4(C3)CN(C(C)=O)C4)CC2)cn1. The standard InChI is InChI=1S/C19H28N4O/c1-3-18-20-10-16(11-21-18)15-4-6-22(7-5-15)17-8-19(9-17)12-23(13-19)14(2)24/h10-11,15,17H,3-9,12-13H2,1-2H3. The average Bonchev–Trinajstić information content (AvgIpc) is 2.53. The first-order chi connectivity index (χ1) is 11.6. The monoisotopic (exact) mass is 328 g/mol. The van der Waals surface area contributed by atoms with E-state index >= 15 is 0 Å². The Bertz CT molecular complexity index is 592. The van der Waals surface area contributed by atoms with Gasteiger partial charge in [0.2, 0.25) is 5.91 Å². The van der Waals surface area contributed by atoms with Crippen molar-refractivity contribution in [2.75, 3.05) is 26.2 Å². The second-order valence-corrected chi connectivity index (χ2v) is 8.03. The zero-order valence-electron chi connectivity index (χ0n) is 14.9. The molecule has 1 aromatic rings. The van der Waals surface area contributed by atoms with Gasteiger partial charge in [0.05, 0.1) is 0 Å². The van der Waals surface area contributed by atoms with Gasteiger partial charge in [-0.1, -0.05) is 6.92 Å². The van der Waals surface area contributed by atoms with Crippen molar-refractivity contribution in [3.8, 4) is 0 Å². The van der Waals surface area contributed by atoms with E-state index < -0.39 is 0 Å². The molecular weight excluding hydrogens is 300 g/mol. The van der Waals surface area contributed by atoms with Crippen LogP contribution in [0.4, 0.5) is 0 Å². The maximum Gasteiger partial charge on any atom is 0.219 e. The summed E-state index contributed by atoms with van der Waals surface area (Å²) in [7, 11) is 0. The molecule has 130 valence electrons. The molecule has 1 aliphatic carbocycles. The van der Waals surface area contributed by atoms with Crippen LogP contribution in [0.25, 0.3) is 0 Å². The molecule has 0 bridgehead atoms. The second kappa shape index (κ2) is 6.10. The maximum atomic E-state index is 11.4. The number of amides is 1. The van der Waals surface area contributed by atoms with Crippen molar-refractivity contribution in [1.29, 1.82) is 0 Å². The number of likely N-dealkylation sites (tertiary alicyclic amines) is 2. The van der Waals surface area contributed by atoms with Crippen LogP contribution >= 0.6 is 0 Å². The number of carbonyl (C=O) groups excluding carboxylic acids is 1. The molecule has 1 aromatic heterocycles. The van der Waals surface area contributed by atoms with E-state index in [-0.39, 0.29) is 5.91 Å². The molecule has 0 radical (unpaired) electrons. The lowest BCUT2D eigenvalue weighted by Crippen LogP contribution is -2.67. The van der Waals surface area contributed by atoms with Gasteiger partial charge in [-0.15, -0.1) is 0 Å². The smallest absolute Gasteiger partial charge is 0.219 e. The molecular formula is C19H28N4O. The summed E-state index contributed by atoms with van der Waals surface area (Å²) < 4.78 is 0. The topological polar surface area (TPSA) is 49.3 Å². The van der Waals surface area contributed by atoms with Gasteiger partial charge >= 0.3 is 0 Å². The van der Waals surface area contributed by atoms with Crippen molar-refractivity contribution < 1.29 is 4.79 Å². The summed E-state index contributed by atoms with van der Waals surface area (Å²) in [5, 5.41) is 0. The highest BCUT2D eigenvalue weighted by Gasteiger charge is 2.54. The summed E-state index contributed by atoms with van der Waals surface area (Å²) in [6, 6.07) is 0.749. The molecule has 1 saturated carbocycles. The van der Waals surface area contributed by atoms with Gasteiger partial charge in [0.25, 0.3) is 0 Å². The predicted octanol–water partition coefficient (Wildman–Crippen LogP) is 2.23. The van der Waals surface area contributed by atoms with E-state index in [0.717, 1.165) is 31.4 Å². The molecule has 0 N–H and O–H groups in total. The first-order valence-electron chi connectivity index (χ1n) is 9.39. The highest BCUT2D eigenvalue weighted by atomic mass is 16.2. The zero-order valence-corrected chi connectivity index (χ0v) is 14.9. The average molecular weight is 328 g/mol. The van der Waals surface area contributed by atoms with Gasteiger partial charge in [0.15, 0.2) is 0 Å². The number of hydrogen-bond donors (Lipinski definition) is 0. The molecule has 1 amide bonds. The summed E-state index contributed by atoms with van der Waals surface area (Å²) in [5.41, 5.74) is 1.78. The Morgan fingerprint density at radius 1 is 1.21 bits per heavy atom. The number of rotatable bonds is 3. The number of piperidine rings is 1. The predicted molar refractivity (Wildman–Crippen MR) is 92.7 cm³/mol. The van der Waals surface area contributed by atoms with Gasteiger partial charge in [-0.2, -0.15) is 0 Å². The highest BCUT2D eigenvalue weighted by molar-refractivity contribution is 5.74. The van der Waals surface area contributed by atoms with Crippen LogP contribution in [0.1, 0.15) is 56.8 Å². The van der Waals surface area contributed by atoms with Crippen molar-refractivity contribution in [3.63, 3.8) is 0 Å². The van der Waals surface area contributed by atoms with Crippen LogP contribution in [0.15, 0.2) is 12.4 Å². The Hall–Kier alpha value is -1.49. The molecule has 2 aliphatic heterocycles. The van der Waals surface area contributed by atoms with Crippen molar-refractivity contribution in [2.45, 2.75) is 57.9 Å². The first kappa shape index (κ1) is 16.0. The Morgan fingerprint density at radius 2 is 1.83 bits per heavy atom. The van der Waals surface area contributed by atoms with E-state index in [9.17, 15) is 4.79 Å². The van der Waals surface area contributed by atoms with Crippen LogP contribution in [-0.2, 0) is 11.2 Å². The Balaban J connectivity index is 1.25. The third-order valence-corrected chi connectivity index (χ3v) is 6.39. The van der Waals surface area contributed by atoms with Gasteiger partial charge < -0.3 is 9.80 Å². The van der Waals surface area contributed by atoms with Gasteiger partial charge in [-0.3, -0.25) is 4.79 Å². The molecule has 3 aliphatic rings. The molecule has 0 unspecified atom stereocenters. The van der Waals surface area contributed by atoms with Gasteiger partial charge in [-0.25, -0.2) is 9.97 Å². The van der Waals surface area contributed by atoms with E-state index in [2.05, 4.69) is 21.8 Å². The third kappa shape index (κ3) is 2.83. The van der Waals surface area contributed by atoms with E-state index in [1.165, 1.54) is 44.3 Å². The van der Waals surface area contributed by atoms with E-state index in [1.54, 1.807) is 6.92 Å². The fraction of sp³-hybridized carbons (Fsp3) is 0.737. The maximum absolute atomic E-state index is 11.4. The van der Waals surface area contributed by atoms with E-state index in [4.69, 9.17) is 0 Å². The molecule has 3 heterocycles. The second-order valence-electron chi connectivity index (χ2n) is 8.03. The normalized spacial score (nSPS) is 24.7. The number of aromatic nitrogens is 2. The van der Waals surface area contributed by atoms with Crippen LogP contribution < -0.4 is 0 Å². The molecule has 0 atom stereocenters. The van der Waals surface area contributed by atoms with Crippen LogP contribution in [0, 0.1) is 5.41 Å². The number of carbonyl (C=O) groups is 1. The van der Waals surface area contributed by atoms with Crippen LogP contribution in [0.3, 0.4) is 0 Å². The molecule has 0 aromatic carbocycles. The highest BCUT2D eigenvalue weighted by Crippen LogP contribution is 2.50. The van der Waals surface area contributed by atoms with Crippen LogP contribution in [-0.4, -0.2) is 57.9 Å². The molecule has 1 spiro atoms. The summed E-state index contributed by atoms with van der Waals surface area (Å²) in [6.07, 6.45) is 9.99. The summed E-state index contributed by atoms with van der Waals surface area (Å²) in [5.74, 6) is 1.80. The quantitative estimate of drug-likeness (QED) is 0.854. The fourth-order valence-electron chi connectivity index (χ4n) is 4.80. The van der Waals surface area contributed by atoms with Crippen molar-refractivity contribution in [1.82, 2.24) is 19.8 Å².